The number of anilines is 3. The number of fused-ring (bicyclic) bond motifs is 14. The van der Waals surface area contributed by atoms with E-state index < -0.39 is 5.41 Å². The van der Waals surface area contributed by atoms with Gasteiger partial charge in [-0.25, -0.2) is 0 Å². The third kappa shape index (κ3) is 4.76. The van der Waals surface area contributed by atoms with Crippen LogP contribution in [0.3, 0.4) is 0 Å². The van der Waals surface area contributed by atoms with Crippen LogP contribution in [0.5, 0.6) is 0 Å². The summed E-state index contributed by atoms with van der Waals surface area (Å²) in [6, 6.07) is 80.5. The molecule has 294 valence electrons. The molecule has 0 N–H and O–H groups in total. The summed E-state index contributed by atoms with van der Waals surface area (Å²) in [5.74, 6) is 0. The average Bonchev–Trinajstić information content (AvgIpc) is 3.89. The van der Waals surface area contributed by atoms with Crippen molar-refractivity contribution in [2.24, 2.45) is 0 Å². The largest absolute Gasteiger partial charge is 0.456 e. The summed E-state index contributed by atoms with van der Waals surface area (Å²) in [5.41, 5.74) is 15.8. The Labute approximate surface area is 368 Å². The molecule has 2 aromatic heterocycles. The predicted octanol–water partition coefficient (Wildman–Crippen LogP) is 16.1. The van der Waals surface area contributed by atoms with Crippen molar-refractivity contribution >= 4 is 83.3 Å². The van der Waals surface area contributed by atoms with Gasteiger partial charge in [0.2, 0.25) is 0 Å². The molecule has 0 saturated carbocycles. The summed E-state index contributed by atoms with van der Waals surface area (Å²) < 4.78 is 8.82. The highest BCUT2D eigenvalue weighted by molar-refractivity contribution is 7.99. The molecule has 0 bridgehead atoms. The first-order chi connectivity index (χ1) is 31.3. The highest BCUT2D eigenvalue weighted by atomic mass is 32.2. The van der Waals surface area contributed by atoms with Crippen molar-refractivity contribution in [2.45, 2.75) is 15.2 Å². The summed E-state index contributed by atoms with van der Waals surface area (Å²) in [7, 11) is 0. The maximum atomic E-state index is 6.40. The molecule has 0 amide bonds. The van der Waals surface area contributed by atoms with Gasteiger partial charge in [-0.05, 0) is 123 Å². The standard InChI is InChI=1S/C59H36N2OS/c1-2-17-38(18-3-1)60(39-32-34-51-45(35-39)42-19-4-8-25-50(42)61(51)52-26-14-28-54-58(52)44-20-5-9-27-53(44)62-54)40-31-33-41-43-21-12-15-37-16-13-24-48(57(37)43)59(49(41)36-40)46-22-6-10-29-55(46)63-56-30-11-7-23-47(56)59/h1-36H. The van der Waals surface area contributed by atoms with Gasteiger partial charge in [0.25, 0.3) is 0 Å². The molecular weight excluding hydrogens is 785 g/mol. The molecule has 0 fully saturated rings. The van der Waals surface area contributed by atoms with Crippen LogP contribution in [0.2, 0.25) is 0 Å². The lowest BCUT2D eigenvalue weighted by molar-refractivity contribution is 0.669. The fourth-order valence-corrected chi connectivity index (χ4v) is 12.3. The van der Waals surface area contributed by atoms with Gasteiger partial charge < -0.3 is 13.9 Å². The first kappa shape index (κ1) is 34.9. The van der Waals surface area contributed by atoms with Gasteiger partial charge >= 0.3 is 0 Å². The number of aromatic nitrogens is 1. The van der Waals surface area contributed by atoms with Gasteiger partial charge in [0.05, 0.1) is 27.5 Å². The molecular formula is C59H36N2OS. The zero-order chi connectivity index (χ0) is 41.2. The number of para-hydroxylation sites is 3. The SMILES string of the molecule is c1ccc(N(c2ccc3c(c2)C2(c4ccccc4Sc4ccccc42)c2cccc4cccc-3c24)c2ccc3c(c2)c2ccccc2n3-c2cccc3oc4ccccc4c23)cc1. The van der Waals surface area contributed by atoms with Gasteiger partial charge in [0, 0.05) is 43.0 Å². The van der Waals surface area contributed by atoms with Crippen molar-refractivity contribution in [2.75, 3.05) is 4.90 Å². The Bertz CT molecular complexity index is 3810. The summed E-state index contributed by atoms with van der Waals surface area (Å²) in [6.45, 7) is 0. The van der Waals surface area contributed by atoms with E-state index in [1.54, 1.807) is 0 Å². The van der Waals surface area contributed by atoms with Gasteiger partial charge in [-0.3, -0.25) is 0 Å². The van der Waals surface area contributed by atoms with Crippen LogP contribution in [0.4, 0.5) is 17.1 Å². The first-order valence-electron chi connectivity index (χ1n) is 21.6. The Kier molecular flexibility index (Phi) is 7.26. The molecule has 0 radical (unpaired) electrons. The second-order valence-electron chi connectivity index (χ2n) is 16.8. The van der Waals surface area contributed by atoms with Crippen LogP contribution in [0.1, 0.15) is 22.3 Å². The number of nitrogens with zero attached hydrogens (tertiary/aromatic N) is 2. The van der Waals surface area contributed by atoms with E-state index in [1.807, 2.05) is 17.8 Å². The van der Waals surface area contributed by atoms with Crippen molar-refractivity contribution in [3.63, 3.8) is 0 Å². The second-order valence-corrected chi connectivity index (χ2v) is 17.8. The van der Waals surface area contributed by atoms with E-state index in [2.05, 4.69) is 222 Å². The molecule has 63 heavy (non-hydrogen) atoms. The molecule has 3 heterocycles. The van der Waals surface area contributed by atoms with Crippen molar-refractivity contribution < 1.29 is 4.42 Å². The molecule has 0 atom stereocenters. The quantitative estimate of drug-likeness (QED) is 0.176. The van der Waals surface area contributed by atoms with E-state index >= 15 is 0 Å². The van der Waals surface area contributed by atoms with E-state index in [-0.39, 0.29) is 0 Å². The number of hydrogen-bond acceptors (Lipinski definition) is 3. The number of furan rings is 1. The number of benzene rings is 10. The van der Waals surface area contributed by atoms with Gasteiger partial charge in [0.1, 0.15) is 11.2 Å². The monoisotopic (exact) mass is 820 g/mol. The van der Waals surface area contributed by atoms with Crippen LogP contribution in [-0.4, -0.2) is 4.57 Å². The Morgan fingerprint density at radius 3 is 1.87 bits per heavy atom. The Hall–Kier alpha value is -7.79. The first-order valence-corrected chi connectivity index (χ1v) is 22.4. The minimum atomic E-state index is -0.546. The molecule has 1 spiro atoms. The topological polar surface area (TPSA) is 21.3 Å². The van der Waals surface area contributed by atoms with Gasteiger partial charge in [0.15, 0.2) is 0 Å². The van der Waals surface area contributed by atoms with Crippen LogP contribution in [0.15, 0.2) is 233 Å². The van der Waals surface area contributed by atoms with Crippen LogP contribution in [-0.2, 0) is 5.41 Å². The predicted molar refractivity (Wildman–Crippen MR) is 262 cm³/mol. The Morgan fingerprint density at radius 2 is 1.03 bits per heavy atom. The second kappa shape index (κ2) is 13.1. The summed E-state index contributed by atoms with van der Waals surface area (Å²) in [5, 5.41) is 7.23. The molecule has 0 unspecified atom stereocenters. The van der Waals surface area contributed by atoms with Crippen LogP contribution >= 0.6 is 11.8 Å². The zero-order valence-corrected chi connectivity index (χ0v) is 34.8. The number of hydrogen-bond donors (Lipinski definition) is 0. The van der Waals surface area contributed by atoms with Crippen molar-refractivity contribution in [3.05, 3.63) is 241 Å². The van der Waals surface area contributed by atoms with E-state index in [4.69, 9.17) is 4.42 Å². The minimum Gasteiger partial charge on any atom is -0.456 e. The van der Waals surface area contributed by atoms with Gasteiger partial charge in [-0.2, -0.15) is 0 Å². The number of rotatable bonds is 4. The van der Waals surface area contributed by atoms with Crippen molar-refractivity contribution in [1.82, 2.24) is 4.57 Å². The Morgan fingerprint density at radius 1 is 0.397 bits per heavy atom. The molecule has 1 aliphatic carbocycles. The van der Waals surface area contributed by atoms with Crippen LogP contribution in [0.25, 0.3) is 71.3 Å². The fraction of sp³-hybridized carbons (Fsp3) is 0.0169. The highest BCUT2D eigenvalue weighted by Gasteiger charge is 2.48. The molecule has 10 aromatic carbocycles. The van der Waals surface area contributed by atoms with Crippen molar-refractivity contribution in [1.29, 1.82) is 0 Å². The lowest BCUT2D eigenvalue weighted by atomic mass is 9.59. The smallest absolute Gasteiger partial charge is 0.137 e. The van der Waals surface area contributed by atoms with E-state index in [1.165, 1.54) is 64.7 Å². The fourth-order valence-electron chi connectivity index (χ4n) is 11.1. The van der Waals surface area contributed by atoms with Crippen LogP contribution in [0, 0.1) is 0 Å². The molecule has 4 heteroatoms. The molecule has 1 aliphatic heterocycles. The third-order valence-corrected chi connectivity index (χ3v) is 14.8. The summed E-state index contributed by atoms with van der Waals surface area (Å²) >= 11 is 1.89. The van der Waals surface area contributed by atoms with E-state index in [9.17, 15) is 0 Å². The van der Waals surface area contributed by atoms with E-state index in [0.717, 1.165) is 55.7 Å². The minimum absolute atomic E-state index is 0.546. The molecule has 0 saturated heterocycles. The highest BCUT2D eigenvalue weighted by Crippen LogP contribution is 2.62. The maximum Gasteiger partial charge on any atom is 0.137 e. The normalized spacial score (nSPS) is 13.5. The third-order valence-electron chi connectivity index (χ3n) is 13.6. The zero-order valence-electron chi connectivity index (χ0n) is 34.0. The molecule has 14 rings (SSSR count). The molecule has 2 aliphatic rings. The van der Waals surface area contributed by atoms with E-state index in [0.29, 0.717) is 0 Å². The average molecular weight is 821 g/mol. The lowest BCUT2D eigenvalue weighted by Crippen LogP contribution is -2.36. The maximum absolute atomic E-state index is 6.40. The molecule has 3 nitrogen and oxygen atoms in total. The summed E-state index contributed by atoms with van der Waals surface area (Å²) in [4.78, 5) is 5.04. The van der Waals surface area contributed by atoms with Gasteiger partial charge in [-0.15, -0.1) is 0 Å². The summed E-state index contributed by atoms with van der Waals surface area (Å²) in [6.07, 6.45) is 0. The van der Waals surface area contributed by atoms with Crippen molar-refractivity contribution in [3.8, 4) is 16.8 Å². The van der Waals surface area contributed by atoms with Crippen LogP contribution < -0.4 is 4.90 Å². The van der Waals surface area contributed by atoms with Gasteiger partial charge in [-0.1, -0.05) is 151 Å². The lowest BCUT2D eigenvalue weighted by Gasteiger charge is -2.46. The molecule has 12 aromatic rings. The Balaban J connectivity index is 1.04.